The normalized spacial score (nSPS) is 13.7. The monoisotopic (exact) mass is 674 g/mol. The van der Waals surface area contributed by atoms with Crippen molar-refractivity contribution in [3.63, 3.8) is 0 Å². The van der Waals surface area contributed by atoms with Crippen LogP contribution in [0.15, 0.2) is 150 Å². The van der Waals surface area contributed by atoms with Gasteiger partial charge in [-0.1, -0.05) is 153 Å². The number of carboxylic acids is 2. The molecule has 0 unspecified atom stereocenters. The zero-order chi connectivity index (χ0) is 35.4. The number of nitrogens with zero attached hydrogens (tertiary/aromatic N) is 6. The average molecular weight is 675 g/mol. The molecule has 0 amide bonds. The van der Waals surface area contributed by atoms with Crippen LogP contribution in [0.5, 0.6) is 0 Å². The molecule has 0 aliphatic carbocycles. The first kappa shape index (κ1) is 33.0. The molecular formula is C41H34N6O4. The summed E-state index contributed by atoms with van der Waals surface area (Å²) in [6.45, 7) is 1.93. The summed E-state index contributed by atoms with van der Waals surface area (Å²) in [6, 6.07) is 46.5. The van der Waals surface area contributed by atoms with Crippen LogP contribution in [0.25, 0.3) is 22.5 Å². The van der Waals surface area contributed by atoms with Gasteiger partial charge in [0.2, 0.25) is 0 Å². The highest BCUT2D eigenvalue weighted by atomic mass is 16.4. The summed E-state index contributed by atoms with van der Waals surface area (Å²) in [5, 5.41) is 32.9. The number of aliphatic carboxylic acids is 2. The van der Waals surface area contributed by atoms with Gasteiger partial charge in [0.15, 0.2) is 22.9 Å². The fraction of sp³-hybridized carbons (Fsp3) is 0.146. The summed E-state index contributed by atoms with van der Waals surface area (Å²) >= 11 is 0. The Kier molecular flexibility index (Phi) is 8.89. The van der Waals surface area contributed by atoms with E-state index in [4.69, 9.17) is 5.21 Å². The first-order chi connectivity index (χ1) is 24.9. The standard InChI is InChI=1S/C41H34N6O4/c1-2-26-40(42-35(38(48)49)36(43-40)39(50)51)27-28-22-24-29(25-23-28)33-20-12-13-21-34(33)37-44-45-46-47(37)41(30-14-6-3-7-15-30,31-16-8-4-9-17-31)32-18-10-5-11-19-32/h3-25H,2,26-27H2,1H3,(H,48,49)(H,50,51). The van der Waals surface area contributed by atoms with Crippen molar-refractivity contribution in [1.82, 2.24) is 20.2 Å². The Labute approximate surface area is 294 Å². The maximum atomic E-state index is 11.8. The van der Waals surface area contributed by atoms with Gasteiger partial charge in [0.05, 0.1) is 0 Å². The van der Waals surface area contributed by atoms with E-state index in [1.807, 2.05) is 115 Å². The van der Waals surface area contributed by atoms with Crippen LogP contribution in [0, 0.1) is 0 Å². The molecule has 1 aromatic heterocycles. The second kappa shape index (κ2) is 13.8. The van der Waals surface area contributed by atoms with Crippen molar-refractivity contribution in [3.05, 3.63) is 162 Å². The van der Waals surface area contributed by atoms with Gasteiger partial charge in [0, 0.05) is 12.0 Å². The van der Waals surface area contributed by atoms with E-state index >= 15 is 0 Å². The zero-order valence-corrected chi connectivity index (χ0v) is 27.8. The summed E-state index contributed by atoms with van der Waals surface area (Å²) in [5.41, 5.74) is 3.32. The summed E-state index contributed by atoms with van der Waals surface area (Å²) in [7, 11) is 0. The minimum Gasteiger partial charge on any atom is -0.476 e. The van der Waals surface area contributed by atoms with Gasteiger partial charge < -0.3 is 10.2 Å². The van der Waals surface area contributed by atoms with Crippen LogP contribution in [0.4, 0.5) is 0 Å². The second-order valence-electron chi connectivity index (χ2n) is 12.4. The van der Waals surface area contributed by atoms with E-state index in [0.717, 1.165) is 38.9 Å². The number of carbonyl (C=O) groups is 2. The van der Waals surface area contributed by atoms with Crippen molar-refractivity contribution in [1.29, 1.82) is 0 Å². The van der Waals surface area contributed by atoms with Gasteiger partial charge >= 0.3 is 11.9 Å². The van der Waals surface area contributed by atoms with E-state index in [1.165, 1.54) is 0 Å². The molecule has 1 aliphatic rings. The maximum Gasteiger partial charge on any atom is 0.356 e. The molecule has 51 heavy (non-hydrogen) atoms. The van der Waals surface area contributed by atoms with Gasteiger partial charge in [-0.05, 0) is 50.2 Å². The van der Waals surface area contributed by atoms with E-state index in [0.29, 0.717) is 18.7 Å². The molecule has 0 fully saturated rings. The number of benzene rings is 5. The molecule has 5 aromatic carbocycles. The molecule has 0 saturated carbocycles. The van der Waals surface area contributed by atoms with E-state index in [1.54, 1.807) is 0 Å². The highest BCUT2D eigenvalue weighted by Crippen LogP contribution is 2.43. The topological polar surface area (TPSA) is 143 Å². The first-order valence-corrected chi connectivity index (χ1v) is 16.7. The van der Waals surface area contributed by atoms with Crippen LogP contribution >= 0.6 is 0 Å². The number of hydrogen-bond donors (Lipinski definition) is 2. The van der Waals surface area contributed by atoms with Crippen molar-refractivity contribution in [2.75, 3.05) is 0 Å². The molecule has 6 aromatic rings. The lowest BCUT2D eigenvalue weighted by Crippen LogP contribution is -2.39. The van der Waals surface area contributed by atoms with E-state index in [2.05, 4.69) is 56.7 Å². The van der Waals surface area contributed by atoms with Gasteiger partial charge in [-0.2, -0.15) is 0 Å². The van der Waals surface area contributed by atoms with Gasteiger partial charge in [-0.3, -0.25) is 0 Å². The molecule has 0 radical (unpaired) electrons. The Morgan fingerprint density at radius 1 is 0.647 bits per heavy atom. The summed E-state index contributed by atoms with van der Waals surface area (Å²) in [4.78, 5) is 32.4. The van der Waals surface area contributed by atoms with E-state index < -0.39 is 34.6 Å². The molecule has 252 valence electrons. The highest BCUT2D eigenvalue weighted by molar-refractivity contribution is 6.79. The van der Waals surface area contributed by atoms with Gasteiger partial charge in [-0.25, -0.2) is 24.3 Å². The lowest BCUT2D eigenvalue weighted by Gasteiger charge is -2.36. The lowest BCUT2D eigenvalue weighted by molar-refractivity contribution is -0.131. The second-order valence-corrected chi connectivity index (χ2v) is 12.4. The molecule has 10 nitrogen and oxygen atoms in total. The predicted molar refractivity (Wildman–Crippen MR) is 195 cm³/mol. The maximum absolute atomic E-state index is 11.8. The van der Waals surface area contributed by atoms with Crippen LogP contribution in [-0.4, -0.2) is 59.4 Å². The molecule has 10 heteroatoms. The van der Waals surface area contributed by atoms with Gasteiger partial charge in [-0.15, -0.1) is 5.10 Å². The summed E-state index contributed by atoms with van der Waals surface area (Å²) in [5.74, 6) is -2.23. The number of carboxylic acid groups (broad SMARTS) is 2. The van der Waals surface area contributed by atoms with E-state index in [9.17, 15) is 19.8 Å². The Hall–Kier alpha value is -6.55. The molecule has 0 spiro atoms. The fourth-order valence-electron chi connectivity index (χ4n) is 7.07. The average Bonchev–Trinajstić information content (AvgIpc) is 3.80. The van der Waals surface area contributed by atoms with Gasteiger partial charge in [0.25, 0.3) is 0 Å². The Morgan fingerprint density at radius 3 is 1.59 bits per heavy atom. The van der Waals surface area contributed by atoms with Crippen molar-refractivity contribution in [2.45, 2.75) is 37.4 Å². The molecule has 1 aliphatic heterocycles. The smallest absolute Gasteiger partial charge is 0.356 e. The number of aromatic nitrogens is 4. The predicted octanol–water partition coefficient (Wildman–Crippen LogP) is 6.95. The molecule has 0 saturated heterocycles. The van der Waals surface area contributed by atoms with Crippen molar-refractivity contribution < 1.29 is 19.8 Å². The molecular weight excluding hydrogens is 640 g/mol. The van der Waals surface area contributed by atoms with Crippen LogP contribution in [-0.2, 0) is 21.5 Å². The molecule has 2 N–H and O–H groups in total. The van der Waals surface area contributed by atoms with Crippen molar-refractivity contribution >= 4 is 23.4 Å². The van der Waals surface area contributed by atoms with Crippen LogP contribution < -0.4 is 0 Å². The van der Waals surface area contributed by atoms with Crippen molar-refractivity contribution in [2.24, 2.45) is 9.98 Å². The number of hydrogen-bond acceptors (Lipinski definition) is 7. The highest BCUT2D eigenvalue weighted by Gasteiger charge is 2.43. The Balaban J connectivity index is 1.33. The molecule has 7 rings (SSSR count). The third-order valence-corrected chi connectivity index (χ3v) is 9.20. The van der Waals surface area contributed by atoms with Gasteiger partial charge in [0.1, 0.15) is 5.54 Å². The minimum absolute atomic E-state index is 0.252. The molecule has 0 bridgehead atoms. The third kappa shape index (κ3) is 6.01. The number of aliphatic imine (C=N–C) groups is 2. The first-order valence-electron chi connectivity index (χ1n) is 16.7. The van der Waals surface area contributed by atoms with Crippen LogP contribution in [0.2, 0.25) is 0 Å². The quantitative estimate of drug-likeness (QED) is 0.134. The lowest BCUT2D eigenvalue weighted by atomic mass is 9.77. The molecule has 0 atom stereocenters. The summed E-state index contributed by atoms with van der Waals surface area (Å²) < 4.78 is 1.91. The molecule has 2 heterocycles. The minimum atomic E-state index is -1.40. The SMILES string of the molecule is CCCC1(Cc2ccc(-c3ccccc3-c3nnnn3C(c3ccccc3)(c3ccccc3)c3ccccc3)cc2)N=C(C(=O)O)C(C(=O)O)=N1. The fourth-order valence-corrected chi connectivity index (χ4v) is 7.07. The summed E-state index contributed by atoms with van der Waals surface area (Å²) in [6.07, 6.45) is 1.30. The third-order valence-electron chi connectivity index (χ3n) is 9.20. The zero-order valence-electron chi connectivity index (χ0n) is 27.8. The number of tetrazole rings is 1. The van der Waals surface area contributed by atoms with Crippen molar-refractivity contribution in [3.8, 4) is 22.5 Å². The number of rotatable bonds is 12. The largest absolute Gasteiger partial charge is 0.476 e. The van der Waals surface area contributed by atoms with Crippen LogP contribution in [0.1, 0.15) is 42.0 Å². The van der Waals surface area contributed by atoms with E-state index in [-0.39, 0.29) is 6.42 Å². The Bertz CT molecular complexity index is 2120. The Morgan fingerprint density at radius 2 is 1.12 bits per heavy atom. The van der Waals surface area contributed by atoms with Crippen LogP contribution in [0.3, 0.4) is 0 Å².